The summed E-state index contributed by atoms with van der Waals surface area (Å²) >= 11 is 0. The Balaban J connectivity index is 0. The van der Waals surface area contributed by atoms with Gasteiger partial charge in [0.25, 0.3) is 0 Å². The van der Waals surface area contributed by atoms with Gasteiger partial charge in [-0.1, -0.05) is 0 Å². The van der Waals surface area contributed by atoms with Crippen LogP contribution in [0.3, 0.4) is 0 Å². The summed E-state index contributed by atoms with van der Waals surface area (Å²) in [6.07, 6.45) is 0. The molecule has 4 heteroatoms. The SMILES string of the molecule is O.[Al+3].[F-].[OH-]. The minimum Gasteiger partial charge on any atom is -1.00 e. The van der Waals surface area contributed by atoms with E-state index in [9.17, 15) is 0 Å². The molecule has 0 radical (unpaired) electrons. The van der Waals surface area contributed by atoms with Crippen molar-refractivity contribution in [1.82, 2.24) is 0 Å². The van der Waals surface area contributed by atoms with E-state index in [1.165, 1.54) is 0 Å². The molecular weight excluding hydrogens is 78.0 g/mol. The van der Waals surface area contributed by atoms with E-state index in [0.717, 1.165) is 0 Å². The van der Waals surface area contributed by atoms with Crippen molar-refractivity contribution in [2.24, 2.45) is 0 Å². The molecule has 0 spiro atoms. The first-order valence-electron chi connectivity index (χ1n) is 0. The van der Waals surface area contributed by atoms with Gasteiger partial charge in [-0.3, -0.25) is 0 Å². The zero-order chi connectivity index (χ0) is 0. The zero-order valence-corrected chi connectivity index (χ0v) is 3.06. The topological polar surface area (TPSA) is 61.5 Å². The Kier molecular flexibility index (Phi) is 11200. The van der Waals surface area contributed by atoms with Crippen LogP contribution in [0.25, 0.3) is 0 Å². The smallest absolute Gasteiger partial charge is 1.00 e. The molecule has 0 unspecified atom stereocenters. The summed E-state index contributed by atoms with van der Waals surface area (Å²) < 4.78 is 0. The first-order valence-corrected chi connectivity index (χ1v) is 0. The molecule has 0 aromatic carbocycles. The maximum absolute atomic E-state index is 0. The standard InChI is InChI=1S/Al.FH.2H2O/h;1H;2*1H2/q+3;;;/p-2. The van der Waals surface area contributed by atoms with E-state index >= 15 is 0 Å². The van der Waals surface area contributed by atoms with Crippen LogP contribution in [0.1, 0.15) is 0 Å². The third kappa shape index (κ3) is 31.1. The second kappa shape index (κ2) is 131. The number of rotatable bonds is 0. The summed E-state index contributed by atoms with van der Waals surface area (Å²) in [6, 6.07) is 0. The van der Waals surface area contributed by atoms with E-state index in [4.69, 9.17) is 0 Å². The minimum atomic E-state index is 0. The molecule has 0 aliphatic heterocycles. The third-order valence-electron chi connectivity index (χ3n) is 0. The van der Waals surface area contributed by atoms with Crippen molar-refractivity contribution in [2.45, 2.75) is 0 Å². The number of halogens is 1. The monoisotopic (exact) mass is 81.0 g/mol. The molecule has 0 bridgehead atoms. The number of hydrogen-bond donors (Lipinski definition) is 0. The summed E-state index contributed by atoms with van der Waals surface area (Å²) in [5.41, 5.74) is 0. The fraction of sp³-hybridized carbons (Fsp3) is 0. The molecule has 0 aromatic heterocycles. The average molecular weight is 81.0 g/mol. The Morgan fingerprint density at radius 2 is 1.00 bits per heavy atom. The van der Waals surface area contributed by atoms with E-state index < -0.39 is 0 Å². The summed E-state index contributed by atoms with van der Waals surface area (Å²) in [5.74, 6) is 0. The second-order valence-corrected chi connectivity index (χ2v) is 0. The molecule has 0 heterocycles. The summed E-state index contributed by atoms with van der Waals surface area (Å²) in [5, 5.41) is 0. The molecule has 0 fully saturated rings. The predicted octanol–water partition coefficient (Wildman–Crippen LogP) is -4.38. The molecule has 0 atom stereocenters. The van der Waals surface area contributed by atoms with E-state index in [-0.39, 0.29) is 33.0 Å². The molecule has 0 aliphatic rings. The normalized spacial score (nSPS) is 0. The van der Waals surface area contributed by atoms with Gasteiger partial charge < -0.3 is 15.7 Å². The maximum Gasteiger partial charge on any atom is 3.00 e. The Morgan fingerprint density at radius 3 is 1.00 bits per heavy atom. The largest absolute Gasteiger partial charge is 3.00 e. The van der Waals surface area contributed by atoms with Crippen LogP contribution in [0, 0.1) is 0 Å². The molecule has 24 valence electrons. The van der Waals surface area contributed by atoms with Gasteiger partial charge in [0.15, 0.2) is 0 Å². The van der Waals surface area contributed by atoms with Crippen LogP contribution in [-0.2, 0) is 0 Å². The molecule has 0 saturated heterocycles. The molecule has 2 nitrogen and oxygen atoms in total. The van der Waals surface area contributed by atoms with E-state index in [1.807, 2.05) is 0 Å². The molecule has 0 amide bonds. The Morgan fingerprint density at radius 1 is 1.00 bits per heavy atom. The molecule has 3 N–H and O–H groups in total. The van der Waals surface area contributed by atoms with Crippen LogP contribution in [0.15, 0.2) is 0 Å². The van der Waals surface area contributed by atoms with Crippen molar-refractivity contribution in [3.63, 3.8) is 0 Å². The summed E-state index contributed by atoms with van der Waals surface area (Å²) in [6.45, 7) is 0. The van der Waals surface area contributed by atoms with Crippen LogP contribution < -0.4 is 4.70 Å². The van der Waals surface area contributed by atoms with Crippen LogP contribution >= 0.6 is 0 Å². The van der Waals surface area contributed by atoms with Crippen molar-refractivity contribution in [2.75, 3.05) is 0 Å². The summed E-state index contributed by atoms with van der Waals surface area (Å²) in [4.78, 5) is 0. The van der Waals surface area contributed by atoms with Crippen molar-refractivity contribution < 1.29 is 15.7 Å². The molecule has 0 saturated carbocycles. The fourth-order valence-corrected chi connectivity index (χ4v) is 0. The van der Waals surface area contributed by atoms with Crippen LogP contribution in [0.2, 0.25) is 0 Å². The molecule has 0 aromatic rings. The molecule has 0 aliphatic carbocycles. The predicted molar refractivity (Wildman–Crippen MR) is 11.3 cm³/mol. The van der Waals surface area contributed by atoms with Crippen LogP contribution in [0.4, 0.5) is 0 Å². The Hall–Kier alpha value is 0.382. The maximum atomic E-state index is 0. The van der Waals surface area contributed by atoms with Crippen molar-refractivity contribution in [3.8, 4) is 0 Å². The molecule has 0 rings (SSSR count). The van der Waals surface area contributed by atoms with Gasteiger partial charge in [-0.05, 0) is 0 Å². The zero-order valence-electron chi connectivity index (χ0n) is 1.90. The van der Waals surface area contributed by atoms with Gasteiger partial charge in [0.1, 0.15) is 0 Å². The van der Waals surface area contributed by atoms with Crippen molar-refractivity contribution >= 4 is 17.4 Å². The summed E-state index contributed by atoms with van der Waals surface area (Å²) in [7, 11) is 0. The molecular formula is H3AlFO2+. The van der Waals surface area contributed by atoms with Gasteiger partial charge in [-0.25, -0.2) is 0 Å². The minimum absolute atomic E-state index is 0. The van der Waals surface area contributed by atoms with Gasteiger partial charge >= 0.3 is 17.4 Å². The van der Waals surface area contributed by atoms with Gasteiger partial charge in [-0.2, -0.15) is 0 Å². The average Bonchev–Trinajstić information content (AvgIpc) is 0. The Bertz CT molecular complexity index is 6.00. The van der Waals surface area contributed by atoms with Crippen LogP contribution in [0.5, 0.6) is 0 Å². The second-order valence-electron chi connectivity index (χ2n) is 0. The van der Waals surface area contributed by atoms with Crippen LogP contribution in [-0.4, -0.2) is 28.3 Å². The van der Waals surface area contributed by atoms with E-state index in [2.05, 4.69) is 0 Å². The first kappa shape index (κ1) is 343. The van der Waals surface area contributed by atoms with E-state index in [0.29, 0.717) is 0 Å². The first-order chi connectivity index (χ1) is 0. The quantitative estimate of drug-likeness (QED) is 0.272. The Labute approximate surface area is 33.9 Å². The van der Waals surface area contributed by atoms with E-state index in [1.54, 1.807) is 0 Å². The number of hydrogen-bond acceptors (Lipinski definition) is 1. The van der Waals surface area contributed by atoms with Gasteiger partial charge in [0.05, 0.1) is 0 Å². The van der Waals surface area contributed by atoms with Gasteiger partial charge in [0, 0.05) is 0 Å². The third-order valence-corrected chi connectivity index (χ3v) is 0. The van der Waals surface area contributed by atoms with Gasteiger partial charge in [-0.15, -0.1) is 0 Å². The molecule has 4 heavy (non-hydrogen) atoms. The van der Waals surface area contributed by atoms with Crippen molar-refractivity contribution in [3.05, 3.63) is 0 Å². The van der Waals surface area contributed by atoms with Gasteiger partial charge in [0.2, 0.25) is 0 Å². The van der Waals surface area contributed by atoms with Crippen molar-refractivity contribution in [1.29, 1.82) is 0 Å². The fourth-order valence-electron chi connectivity index (χ4n) is 0.